The Labute approximate surface area is 195 Å². The summed E-state index contributed by atoms with van der Waals surface area (Å²) in [6.07, 6.45) is 6.46. The number of aliphatic hydroxyl groups excluding tert-OH is 1. The summed E-state index contributed by atoms with van der Waals surface area (Å²) in [5.41, 5.74) is 0.223. The third-order valence-corrected chi connectivity index (χ3v) is 8.56. The molecule has 2 N–H and O–H groups in total. The van der Waals surface area contributed by atoms with Gasteiger partial charge in [0.25, 0.3) is 0 Å². The van der Waals surface area contributed by atoms with Crippen molar-refractivity contribution in [3.8, 4) is 6.01 Å². The summed E-state index contributed by atoms with van der Waals surface area (Å²) in [5.74, 6) is 0.381. The lowest BCUT2D eigenvalue weighted by atomic mass is 9.95. The molecule has 0 saturated carbocycles. The van der Waals surface area contributed by atoms with Crippen LogP contribution >= 0.6 is 15.9 Å². The first-order chi connectivity index (χ1) is 15.6. The number of ether oxygens (including phenoxy) is 1. The topological polar surface area (TPSA) is 73.8 Å². The first kappa shape index (κ1) is 21.0. The molecular weight excluding hydrogens is 477 g/mol. The Morgan fingerprint density at radius 1 is 1.19 bits per heavy atom. The van der Waals surface area contributed by atoms with E-state index in [9.17, 15) is 5.11 Å². The molecule has 9 heteroatoms. The fraction of sp³-hybridized carbons (Fsp3) is 0.652. The molecule has 1 aromatic heterocycles. The number of hydrogen-bond donors (Lipinski definition) is 2. The fourth-order valence-corrected chi connectivity index (χ4v) is 6.70. The zero-order chi connectivity index (χ0) is 21.9. The van der Waals surface area contributed by atoms with Crippen molar-refractivity contribution in [2.45, 2.75) is 62.2 Å². The quantitative estimate of drug-likeness (QED) is 0.646. The summed E-state index contributed by atoms with van der Waals surface area (Å²) in [5, 5.41) is 14.1. The molecule has 1 aromatic carbocycles. The van der Waals surface area contributed by atoms with Crippen molar-refractivity contribution in [1.82, 2.24) is 20.2 Å². The smallest absolute Gasteiger partial charge is 0.319 e. The summed E-state index contributed by atoms with van der Waals surface area (Å²) in [6, 6.07) is 4.96. The molecule has 0 aliphatic carbocycles. The minimum atomic E-state index is -0.379. The van der Waals surface area contributed by atoms with E-state index < -0.39 is 0 Å². The van der Waals surface area contributed by atoms with Gasteiger partial charge in [0.15, 0.2) is 5.82 Å². The van der Waals surface area contributed by atoms with E-state index in [1.165, 1.54) is 0 Å². The first-order valence-corrected chi connectivity index (χ1v) is 12.5. The third kappa shape index (κ3) is 3.40. The maximum absolute atomic E-state index is 15.1. The van der Waals surface area contributed by atoms with E-state index in [0.29, 0.717) is 28.7 Å². The van der Waals surface area contributed by atoms with E-state index >= 15 is 4.39 Å². The Kier molecular flexibility index (Phi) is 5.28. The van der Waals surface area contributed by atoms with Gasteiger partial charge in [0.05, 0.1) is 16.6 Å². The molecule has 4 atom stereocenters. The second-order valence-corrected chi connectivity index (χ2v) is 10.7. The molecule has 32 heavy (non-hydrogen) atoms. The molecular formula is C23H29BrFN5O2. The van der Waals surface area contributed by atoms with Gasteiger partial charge in [-0.15, -0.1) is 0 Å². The van der Waals surface area contributed by atoms with Gasteiger partial charge in [0.2, 0.25) is 0 Å². The highest BCUT2D eigenvalue weighted by molar-refractivity contribution is 9.10. The Morgan fingerprint density at radius 2 is 2.00 bits per heavy atom. The largest absolute Gasteiger partial charge is 0.461 e. The fourth-order valence-electron chi connectivity index (χ4n) is 6.38. The third-order valence-electron chi connectivity index (χ3n) is 7.95. The Bertz CT molecular complexity index is 1030. The van der Waals surface area contributed by atoms with Gasteiger partial charge in [0.1, 0.15) is 17.9 Å². The van der Waals surface area contributed by atoms with Gasteiger partial charge in [-0.1, -0.05) is 0 Å². The van der Waals surface area contributed by atoms with Crippen LogP contribution in [-0.2, 0) is 0 Å². The zero-order valence-corrected chi connectivity index (χ0v) is 19.7. The lowest BCUT2D eigenvalue weighted by Crippen LogP contribution is -2.51. The minimum Gasteiger partial charge on any atom is -0.461 e. The highest BCUT2D eigenvalue weighted by Crippen LogP contribution is 2.42. The van der Waals surface area contributed by atoms with Crippen LogP contribution in [0.2, 0.25) is 0 Å². The van der Waals surface area contributed by atoms with Gasteiger partial charge in [-0.3, -0.25) is 4.90 Å². The van der Waals surface area contributed by atoms with Gasteiger partial charge < -0.3 is 20.1 Å². The molecule has 4 saturated heterocycles. The lowest BCUT2D eigenvalue weighted by Gasteiger charge is -2.35. The number of aliphatic hydroxyl groups is 1. The van der Waals surface area contributed by atoms with Gasteiger partial charge >= 0.3 is 6.01 Å². The predicted molar refractivity (Wildman–Crippen MR) is 124 cm³/mol. The van der Waals surface area contributed by atoms with E-state index in [1.54, 1.807) is 6.07 Å². The monoisotopic (exact) mass is 505 g/mol. The molecule has 7 nitrogen and oxygen atoms in total. The molecule has 4 fully saturated rings. The molecule has 4 unspecified atom stereocenters. The molecule has 6 rings (SSSR count). The van der Waals surface area contributed by atoms with Crippen molar-refractivity contribution >= 4 is 32.7 Å². The van der Waals surface area contributed by atoms with Crippen molar-refractivity contribution in [2.75, 3.05) is 37.7 Å². The molecule has 4 aliphatic heterocycles. The van der Waals surface area contributed by atoms with Crippen LogP contribution in [0.4, 0.5) is 10.2 Å². The summed E-state index contributed by atoms with van der Waals surface area (Å²) < 4.78 is 21.7. The maximum Gasteiger partial charge on any atom is 0.319 e. The predicted octanol–water partition coefficient (Wildman–Crippen LogP) is 2.84. The van der Waals surface area contributed by atoms with E-state index in [-0.39, 0.29) is 30.0 Å². The van der Waals surface area contributed by atoms with Crippen molar-refractivity contribution in [3.63, 3.8) is 0 Å². The Morgan fingerprint density at radius 3 is 2.78 bits per heavy atom. The van der Waals surface area contributed by atoms with Crippen LogP contribution < -0.4 is 15.0 Å². The number of aromatic nitrogens is 2. The number of rotatable bonds is 5. The normalized spacial score (nSPS) is 32.1. The van der Waals surface area contributed by atoms with Crippen LogP contribution in [0.3, 0.4) is 0 Å². The van der Waals surface area contributed by atoms with Crippen molar-refractivity contribution in [2.24, 2.45) is 0 Å². The zero-order valence-electron chi connectivity index (χ0n) is 18.1. The molecule has 5 heterocycles. The average Bonchev–Trinajstić information content (AvgIpc) is 3.47. The highest BCUT2D eigenvalue weighted by Gasteiger charge is 2.49. The van der Waals surface area contributed by atoms with Gasteiger partial charge in [-0.05, 0) is 73.1 Å². The van der Waals surface area contributed by atoms with E-state index in [2.05, 4.69) is 36.0 Å². The molecule has 0 spiro atoms. The number of nitrogens with zero attached hydrogens (tertiary/aromatic N) is 4. The lowest BCUT2D eigenvalue weighted by molar-refractivity contribution is 0.0644. The number of benzene rings is 1. The Balaban J connectivity index is 1.34. The first-order valence-electron chi connectivity index (χ1n) is 11.7. The summed E-state index contributed by atoms with van der Waals surface area (Å²) >= 11 is 3.30. The van der Waals surface area contributed by atoms with Crippen LogP contribution in [0.15, 0.2) is 16.6 Å². The number of piperazine rings is 1. The van der Waals surface area contributed by atoms with Crippen LogP contribution in [-0.4, -0.2) is 76.5 Å². The molecule has 0 radical (unpaired) electrons. The van der Waals surface area contributed by atoms with E-state index in [1.807, 2.05) is 6.07 Å². The molecule has 2 bridgehead atoms. The average molecular weight is 506 g/mol. The van der Waals surface area contributed by atoms with Gasteiger partial charge in [-0.2, -0.15) is 9.97 Å². The highest BCUT2D eigenvalue weighted by atomic mass is 79.9. The number of fused-ring (bicyclic) bond motifs is 4. The van der Waals surface area contributed by atoms with Crippen LogP contribution in [0.1, 0.15) is 38.5 Å². The van der Waals surface area contributed by atoms with Crippen LogP contribution in [0.25, 0.3) is 10.9 Å². The number of nitrogens with one attached hydrogen (secondary N) is 1. The number of anilines is 1. The van der Waals surface area contributed by atoms with Crippen molar-refractivity contribution in [3.05, 3.63) is 22.4 Å². The standard InChI is InChI=1S/C23H29BrFN5O2/c24-18-5-4-17-20(19(18)25)27-22(28-21(17)29-10-14-2-3-15(11-29)26-14)32-13-23-7-1-9-30(23)16(12-31)6-8-23/h4-5,14-16,26,31H,1-3,6-13H2. The summed E-state index contributed by atoms with van der Waals surface area (Å²) in [4.78, 5) is 14.0. The van der Waals surface area contributed by atoms with E-state index in [0.717, 1.165) is 69.4 Å². The molecule has 2 aromatic rings. The SMILES string of the molecule is OCC1CCC2(COc3nc(N4CC5CCC(C4)N5)c4ccc(Br)c(F)c4n3)CCCN12. The van der Waals surface area contributed by atoms with Crippen molar-refractivity contribution in [1.29, 1.82) is 0 Å². The van der Waals surface area contributed by atoms with Gasteiger partial charge in [0, 0.05) is 36.6 Å². The van der Waals surface area contributed by atoms with E-state index in [4.69, 9.17) is 9.72 Å². The molecule has 4 aliphatic rings. The summed E-state index contributed by atoms with van der Waals surface area (Å²) in [6.45, 7) is 3.36. The van der Waals surface area contributed by atoms with Gasteiger partial charge in [-0.25, -0.2) is 4.39 Å². The van der Waals surface area contributed by atoms with Crippen LogP contribution in [0, 0.1) is 5.82 Å². The van der Waals surface area contributed by atoms with Crippen molar-refractivity contribution < 1.29 is 14.2 Å². The second kappa shape index (κ2) is 8.04. The molecule has 0 amide bonds. The maximum atomic E-state index is 15.1. The minimum absolute atomic E-state index is 0.0736. The second-order valence-electron chi connectivity index (χ2n) is 9.82. The summed E-state index contributed by atoms with van der Waals surface area (Å²) in [7, 11) is 0. The number of hydrogen-bond acceptors (Lipinski definition) is 7. The van der Waals surface area contributed by atoms with Crippen LogP contribution in [0.5, 0.6) is 6.01 Å². The number of halogens is 2. The Hall–Kier alpha value is -1.55. The molecule has 172 valence electrons.